The third-order valence-electron chi connectivity index (χ3n) is 2.80. The van der Waals surface area contributed by atoms with E-state index in [1.54, 1.807) is 36.0 Å². The van der Waals surface area contributed by atoms with E-state index in [0.717, 1.165) is 5.69 Å². The molecule has 5 heteroatoms. The molecular formula is C13H12Cl2N2O. The Bertz CT molecular complexity index is 565. The van der Waals surface area contributed by atoms with Crippen LogP contribution in [0, 0.1) is 6.92 Å². The second-order valence-electron chi connectivity index (χ2n) is 4.09. The first-order valence-corrected chi connectivity index (χ1v) is 6.21. The molecule has 0 aliphatic rings. The number of benzene rings is 1. The Balaban J connectivity index is 2.27. The van der Waals surface area contributed by atoms with Crippen molar-refractivity contribution in [2.75, 3.05) is 0 Å². The van der Waals surface area contributed by atoms with Gasteiger partial charge in [-0.3, -0.25) is 9.48 Å². The number of halogens is 2. The average molecular weight is 283 g/mol. The first kappa shape index (κ1) is 13.1. The van der Waals surface area contributed by atoms with Gasteiger partial charge in [0.1, 0.15) is 5.69 Å². The zero-order valence-electron chi connectivity index (χ0n) is 10.1. The van der Waals surface area contributed by atoms with Gasteiger partial charge in [0.2, 0.25) is 0 Å². The molecule has 1 aromatic heterocycles. The van der Waals surface area contributed by atoms with Gasteiger partial charge in [-0.05, 0) is 30.7 Å². The Morgan fingerprint density at radius 3 is 2.44 bits per heavy atom. The second-order valence-corrected chi connectivity index (χ2v) is 4.91. The van der Waals surface area contributed by atoms with Crippen molar-refractivity contribution in [2.45, 2.75) is 13.3 Å². The van der Waals surface area contributed by atoms with Gasteiger partial charge in [0.25, 0.3) is 0 Å². The van der Waals surface area contributed by atoms with Crippen LogP contribution in [-0.2, 0) is 13.5 Å². The maximum absolute atomic E-state index is 12.1. The summed E-state index contributed by atoms with van der Waals surface area (Å²) in [5.74, 6) is -0.0892. The Kier molecular flexibility index (Phi) is 3.73. The molecule has 0 spiro atoms. The lowest BCUT2D eigenvalue weighted by Gasteiger charge is -2.04. The summed E-state index contributed by atoms with van der Waals surface area (Å²) in [6, 6.07) is 6.95. The summed E-state index contributed by atoms with van der Waals surface area (Å²) in [5.41, 5.74) is 2.02. The van der Waals surface area contributed by atoms with Crippen molar-refractivity contribution in [1.82, 2.24) is 9.78 Å². The molecule has 94 valence electrons. The van der Waals surface area contributed by atoms with Gasteiger partial charge in [0.15, 0.2) is 5.78 Å². The minimum absolute atomic E-state index is 0.0892. The highest BCUT2D eigenvalue weighted by atomic mass is 35.5. The van der Waals surface area contributed by atoms with Gasteiger partial charge in [-0.2, -0.15) is 5.10 Å². The maximum atomic E-state index is 12.1. The number of hydrogen-bond acceptors (Lipinski definition) is 2. The number of Topliss-reactive ketones (excluding diaryl/α,β-unsaturated/α-hetero) is 1. The summed E-state index contributed by atoms with van der Waals surface area (Å²) in [4.78, 5) is 12.1. The lowest BCUT2D eigenvalue weighted by Crippen LogP contribution is -2.06. The summed E-state index contributed by atoms with van der Waals surface area (Å²) in [5, 5.41) is 5.15. The summed E-state index contributed by atoms with van der Waals surface area (Å²) >= 11 is 12.1. The number of carbonyl (C=O) groups is 1. The second kappa shape index (κ2) is 5.12. The molecule has 0 bridgehead atoms. The summed E-state index contributed by atoms with van der Waals surface area (Å²) < 4.78 is 1.67. The molecule has 0 N–H and O–H groups in total. The SMILES string of the molecule is Cc1cc(C(=O)Cc2c(Cl)cccc2Cl)nn1C. The molecule has 0 saturated carbocycles. The highest BCUT2D eigenvalue weighted by molar-refractivity contribution is 6.36. The maximum Gasteiger partial charge on any atom is 0.187 e. The lowest BCUT2D eigenvalue weighted by molar-refractivity contribution is 0.0987. The van der Waals surface area contributed by atoms with Crippen LogP contribution in [-0.4, -0.2) is 15.6 Å². The molecule has 0 atom stereocenters. The van der Waals surface area contributed by atoms with Crippen molar-refractivity contribution in [3.63, 3.8) is 0 Å². The largest absolute Gasteiger partial charge is 0.292 e. The molecule has 0 aliphatic heterocycles. The van der Waals surface area contributed by atoms with Crippen LogP contribution in [0.2, 0.25) is 10.0 Å². The van der Waals surface area contributed by atoms with Gasteiger partial charge in [0.05, 0.1) is 0 Å². The minimum atomic E-state index is -0.0892. The highest BCUT2D eigenvalue weighted by Gasteiger charge is 2.15. The van der Waals surface area contributed by atoms with Crippen molar-refractivity contribution in [1.29, 1.82) is 0 Å². The van der Waals surface area contributed by atoms with Crippen molar-refractivity contribution >= 4 is 29.0 Å². The van der Waals surface area contributed by atoms with Crippen LogP contribution in [0.5, 0.6) is 0 Å². The molecule has 1 heterocycles. The number of rotatable bonds is 3. The van der Waals surface area contributed by atoms with Crippen LogP contribution in [0.4, 0.5) is 0 Å². The monoisotopic (exact) mass is 282 g/mol. The molecule has 0 fully saturated rings. The Hall–Kier alpha value is -1.32. The standard InChI is InChI=1S/C13H12Cl2N2O/c1-8-6-12(16-17(8)2)13(18)7-9-10(14)4-3-5-11(9)15/h3-6H,7H2,1-2H3. The van der Waals surface area contributed by atoms with Crippen LogP contribution >= 0.6 is 23.2 Å². The molecule has 2 rings (SSSR count). The van der Waals surface area contributed by atoms with E-state index in [-0.39, 0.29) is 12.2 Å². The van der Waals surface area contributed by atoms with Gasteiger partial charge in [0, 0.05) is 29.2 Å². The van der Waals surface area contributed by atoms with Gasteiger partial charge >= 0.3 is 0 Å². The topological polar surface area (TPSA) is 34.9 Å². The van der Waals surface area contributed by atoms with Crippen LogP contribution < -0.4 is 0 Å². The third-order valence-corrected chi connectivity index (χ3v) is 3.51. The van der Waals surface area contributed by atoms with Crippen molar-refractivity contribution in [3.05, 3.63) is 51.3 Å². The smallest absolute Gasteiger partial charge is 0.187 e. The summed E-state index contributed by atoms with van der Waals surface area (Å²) in [6.07, 6.45) is 0.162. The molecular weight excluding hydrogens is 271 g/mol. The highest BCUT2D eigenvalue weighted by Crippen LogP contribution is 2.25. The molecule has 0 radical (unpaired) electrons. The number of ketones is 1. The Labute approximate surface area is 115 Å². The van der Waals surface area contributed by atoms with Gasteiger partial charge in [-0.15, -0.1) is 0 Å². The molecule has 0 amide bonds. The van der Waals surface area contributed by atoms with E-state index < -0.39 is 0 Å². The van der Waals surface area contributed by atoms with Gasteiger partial charge in [-0.1, -0.05) is 29.3 Å². The molecule has 3 nitrogen and oxygen atoms in total. The first-order valence-electron chi connectivity index (χ1n) is 5.45. The minimum Gasteiger partial charge on any atom is -0.292 e. The van der Waals surface area contributed by atoms with E-state index in [2.05, 4.69) is 5.10 Å². The van der Waals surface area contributed by atoms with E-state index in [1.165, 1.54) is 0 Å². The molecule has 2 aromatic rings. The first-order chi connectivity index (χ1) is 8.49. The average Bonchev–Trinajstić information content (AvgIpc) is 2.64. The Morgan fingerprint density at radius 1 is 1.33 bits per heavy atom. The van der Waals surface area contributed by atoms with E-state index in [1.807, 2.05) is 6.92 Å². The fraction of sp³-hybridized carbons (Fsp3) is 0.231. The molecule has 1 aromatic carbocycles. The van der Waals surface area contributed by atoms with E-state index in [9.17, 15) is 4.79 Å². The summed E-state index contributed by atoms with van der Waals surface area (Å²) in [6.45, 7) is 1.90. The number of hydrogen-bond donors (Lipinski definition) is 0. The normalized spacial score (nSPS) is 10.7. The molecule has 0 saturated heterocycles. The fourth-order valence-electron chi connectivity index (χ4n) is 1.65. The predicted molar refractivity (Wildman–Crippen MR) is 72.4 cm³/mol. The number of nitrogens with zero attached hydrogens (tertiary/aromatic N) is 2. The van der Waals surface area contributed by atoms with Crippen molar-refractivity contribution < 1.29 is 4.79 Å². The number of aromatic nitrogens is 2. The molecule has 18 heavy (non-hydrogen) atoms. The number of carbonyl (C=O) groups excluding carboxylic acids is 1. The zero-order chi connectivity index (χ0) is 13.3. The van der Waals surface area contributed by atoms with Crippen molar-refractivity contribution in [3.8, 4) is 0 Å². The summed E-state index contributed by atoms with van der Waals surface area (Å²) in [7, 11) is 1.80. The van der Waals surface area contributed by atoms with Crippen molar-refractivity contribution in [2.24, 2.45) is 7.05 Å². The zero-order valence-corrected chi connectivity index (χ0v) is 11.6. The van der Waals surface area contributed by atoms with Gasteiger partial charge in [-0.25, -0.2) is 0 Å². The van der Waals surface area contributed by atoms with Crippen LogP contribution in [0.15, 0.2) is 24.3 Å². The quantitative estimate of drug-likeness (QED) is 0.808. The van der Waals surface area contributed by atoms with Crippen LogP contribution in [0.3, 0.4) is 0 Å². The van der Waals surface area contributed by atoms with Gasteiger partial charge < -0.3 is 0 Å². The fourth-order valence-corrected chi connectivity index (χ4v) is 2.18. The molecule has 0 unspecified atom stereocenters. The van der Waals surface area contributed by atoms with Crippen LogP contribution in [0.25, 0.3) is 0 Å². The lowest BCUT2D eigenvalue weighted by atomic mass is 10.1. The third kappa shape index (κ3) is 2.57. The van der Waals surface area contributed by atoms with E-state index in [4.69, 9.17) is 23.2 Å². The van der Waals surface area contributed by atoms with E-state index in [0.29, 0.717) is 21.3 Å². The van der Waals surface area contributed by atoms with Crippen LogP contribution in [0.1, 0.15) is 21.7 Å². The molecule has 0 aliphatic carbocycles. The number of aryl methyl sites for hydroxylation is 2. The van der Waals surface area contributed by atoms with E-state index >= 15 is 0 Å². The predicted octanol–water partition coefficient (Wildman–Crippen LogP) is 3.46. The Morgan fingerprint density at radius 2 is 1.94 bits per heavy atom.